The van der Waals surface area contributed by atoms with Crippen LogP contribution in [-0.4, -0.2) is 4.57 Å². The van der Waals surface area contributed by atoms with Crippen molar-refractivity contribution in [3.8, 4) is 16.8 Å². The summed E-state index contributed by atoms with van der Waals surface area (Å²) in [6, 6.07) is 35.1. The lowest BCUT2D eigenvalue weighted by molar-refractivity contribution is 0.669. The predicted octanol–water partition coefficient (Wildman–Crippen LogP) is 9.21. The Labute approximate surface area is 207 Å². The van der Waals surface area contributed by atoms with Crippen molar-refractivity contribution in [1.82, 2.24) is 4.57 Å². The molecule has 0 amide bonds. The highest BCUT2D eigenvalue weighted by atomic mass is 16.3. The quantitative estimate of drug-likeness (QED) is 0.239. The van der Waals surface area contributed by atoms with Crippen molar-refractivity contribution < 1.29 is 4.42 Å². The van der Waals surface area contributed by atoms with Gasteiger partial charge in [-0.1, -0.05) is 78.9 Å². The van der Waals surface area contributed by atoms with Crippen molar-refractivity contribution in [2.24, 2.45) is 0 Å². The van der Waals surface area contributed by atoms with Gasteiger partial charge in [-0.25, -0.2) is 0 Å². The molecule has 2 heterocycles. The van der Waals surface area contributed by atoms with E-state index in [9.17, 15) is 0 Å². The Morgan fingerprint density at radius 1 is 0.667 bits per heavy atom. The number of allylic oxidation sites excluding steroid dienone is 1. The Kier molecular flexibility index (Phi) is 3.41. The summed E-state index contributed by atoms with van der Waals surface area (Å²) < 4.78 is 8.72. The average molecular weight is 460 g/mol. The van der Waals surface area contributed by atoms with E-state index in [1.165, 1.54) is 66.1 Å². The molecule has 2 nitrogen and oxygen atoms in total. The van der Waals surface area contributed by atoms with Gasteiger partial charge in [0.25, 0.3) is 0 Å². The first-order valence-corrected chi connectivity index (χ1v) is 12.6. The van der Waals surface area contributed by atoms with E-state index in [2.05, 4.69) is 114 Å². The van der Waals surface area contributed by atoms with E-state index in [0.29, 0.717) is 5.92 Å². The zero-order valence-corrected chi connectivity index (χ0v) is 19.5. The van der Waals surface area contributed by atoms with Crippen LogP contribution in [0.2, 0.25) is 0 Å². The molecular weight excluding hydrogens is 438 g/mol. The predicted molar refractivity (Wildman–Crippen MR) is 149 cm³/mol. The van der Waals surface area contributed by atoms with Crippen LogP contribution in [0.1, 0.15) is 29.0 Å². The van der Waals surface area contributed by atoms with E-state index in [0.717, 1.165) is 17.6 Å². The molecule has 7 aromatic rings. The van der Waals surface area contributed by atoms with Crippen LogP contribution in [0.4, 0.5) is 0 Å². The van der Waals surface area contributed by atoms with Crippen LogP contribution in [0.5, 0.6) is 0 Å². The minimum atomic E-state index is 0.376. The highest BCUT2D eigenvalue weighted by molar-refractivity contribution is 6.15. The largest absolute Gasteiger partial charge is 0.456 e. The van der Waals surface area contributed by atoms with Gasteiger partial charge in [0, 0.05) is 33.0 Å². The first-order chi connectivity index (χ1) is 17.9. The first kappa shape index (κ1) is 18.7. The summed E-state index contributed by atoms with van der Waals surface area (Å²) in [6.45, 7) is 0. The van der Waals surface area contributed by atoms with E-state index in [1.54, 1.807) is 0 Å². The minimum Gasteiger partial charge on any atom is -0.456 e. The van der Waals surface area contributed by atoms with Gasteiger partial charge in [-0.15, -0.1) is 0 Å². The molecule has 0 aliphatic heterocycles. The number of hydrogen-bond donors (Lipinski definition) is 0. The summed E-state index contributed by atoms with van der Waals surface area (Å²) >= 11 is 0. The fraction of sp³-hybridized carbons (Fsp3) is 0.0588. The summed E-state index contributed by atoms with van der Waals surface area (Å²) in [5, 5.41) is 5.06. The number of rotatable bonds is 1. The lowest BCUT2D eigenvalue weighted by Crippen LogP contribution is -2.06. The van der Waals surface area contributed by atoms with Crippen LogP contribution in [0.3, 0.4) is 0 Å². The summed E-state index contributed by atoms with van der Waals surface area (Å²) in [7, 11) is 0. The molecule has 0 saturated heterocycles. The molecule has 1 unspecified atom stereocenters. The molecule has 2 aliphatic rings. The molecule has 168 valence electrons. The number of benzene rings is 5. The van der Waals surface area contributed by atoms with E-state index < -0.39 is 0 Å². The SMILES string of the molecule is C1=Cc2c(-n3c4ccccc4c4ccccc43)ccc3c2C(C1)c1ccc2oc4ccccc4c2c1-3. The maximum atomic E-state index is 6.27. The molecule has 0 N–H and O–H groups in total. The van der Waals surface area contributed by atoms with Gasteiger partial charge in [-0.2, -0.15) is 0 Å². The van der Waals surface area contributed by atoms with Gasteiger partial charge in [0.2, 0.25) is 0 Å². The topological polar surface area (TPSA) is 18.1 Å². The Bertz CT molecular complexity index is 2030. The van der Waals surface area contributed by atoms with Crippen molar-refractivity contribution in [2.75, 3.05) is 0 Å². The Hall–Kier alpha value is -4.56. The zero-order valence-electron chi connectivity index (χ0n) is 19.5. The highest BCUT2D eigenvalue weighted by Gasteiger charge is 2.35. The van der Waals surface area contributed by atoms with Crippen molar-refractivity contribution in [3.05, 3.63) is 120 Å². The maximum Gasteiger partial charge on any atom is 0.136 e. The summed E-state index contributed by atoms with van der Waals surface area (Å²) in [5.74, 6) is 0.376. The minimum absolute atomic E-state index is 0.376. The first-order valence-electron chi connectivity index (χ1n) is 12.6. The molecule has 2 aliphatic carbocycles. The fourth-order valence-electron chi connectivity index (χ4n) is 6.91. The number of fused-ring (bicyclic) bond motifs is 10. The van der Waals surface area contributed by atoms with Crippen LogP contribution in [0.15, 0.2) is 108 Å². The summed E-state index contributed by atoms with van der Waals surface area (Å²) in [4.78, 5) is 0. The maximum absolute atomic E-state index is 6.27. The van der Waals surface area contributed by atoms with Crippen molar-refractivity contribution in [1.29, 1.82) is 0 Å². The number of aromatic nitrogens is 1. The summed E-state index contributed by atoms with van der Waals surface area (Å²) in [6.07, 6.45) is 5.75. The second-order valence-electron chi connectivity index (χ2n) is 10.0. The second kappa shape index (κ2) is 6.56. The Balaban J connectivity index is 1.40. The molecular formula is C34H21NO. The molecule has 2 aromatic heterocycles. The van der Waals surface area contributed by atoms with Gasteiger partial charge in [0.15, 0.2) is 0 Å². The smallest absolute Gasteiger partial charge is 0.136 e. The van der Waals surface area contributed by atoms with Gasteiger partial charge in [0.1, 0.15) is 11.2 Å². The second-order valence-corrected chi connectivity index (χ2v) is 10.0. The fourth-order valence-corrected chi connectivity index (χ4v) is 6.91. The van der Waals surface area contributed by atoms with Crippen LogP contribution < -0.4 is 0 Å². The van der Waals surface area contributed by atoms with Gasteiger partial charge >= 0.3 is 0 Å². The van der Waals surface area contributed by atoms with Gasteiger partial charge in [0.05, 0.1) is 16.7 Å². The van der Waals surface area contributed by atoms with Crippen molar-refractivity contribution in [2.45, 2.75) is 12.3 Å². The molecule has 2 heteroatoms. The van der Waals surface area contributed by atoms with E-state index in [1.807, 2.05) is 0 Å². The third-order valence-corrected chi connectivity index (χ3v) is 8.31. The van der Waals surface area contributed by atoms with Crippen LogP contribution >= 0.6 is 0 Å². The molecule has 0 saturated carbocycles. The van der Waals surface area contributed by atoms with Gasteiger partial charge in [-0.05, 0) is 59.0 Å². The zero-order chi connectivity index (χ0) is 23.4. The molecule has 0 bridgehead atoms. The monoisotopic (exact) mass is 459 g/mol. The number of hydrogen-bond acceptors (Lipinski definition) is 1. The van der Waals surface area contributed by atoms with E-state index in [4.69, 9.17) is 4.42 Å². The van der Waals surface area contributed by atoms with Crippen LogP contribution in [0, 0.1) is 0 Å². The average Bonchev–Trinajstić information content (AvgIpc) is 3.58. The number of nitrogens with zero attached hydrogens (tertiary/aromatic N) is 1. The van der Waals surface area contributed by atoms with Gasteiger partial charge < -0.3 is 8.98 Å². The molecule has 36 heavy (non-hydrogen) atoms. The highest BCUT2D eigenvalue weighted by Crippen LogP contribution is 2.55. The van der Waals surface area contributed by atoms with Crippen LogP contribution in [0.25, 0.3) is 66.6 Å². The van der Waals surface area contributed by atoms with E-state index in [-0.39, 0.29) is 0 Å². The normalized spacial score (nSPS) is 15.8. The Morgan fingerprint density at radius 3 is 2.19 bits per heavy atom. The molecule has 1 atom stereocenters. The standard InChI is InChI=1S/C34H21NO/c1-4-13-27-20(8-1)21-9-2-5-14-28(21)35(27)29-18-16-26-32-22(11-7-12-24(29)32)23-17-19-31-34(33(23)26)25-10-3-6-15-30(25)36-31/h1-10,12-19,22H,11H2. The third kappa shape index (κ3) is 2.18. The van der Waals surface area contributed by atoms with Crippen LogP contribution in [-0.2, 0) is 0 Å². The lowest BCUT2D eigenvalue weighted by Gasteiger charge is -2.22. The summed E-state index contributed by atoms with van der Waals surface area (Å²) in [5.41, 5.74) is 12.6. The third-order valence-electron chi connectivity index (χ3n) is 8.31. The van der Waals surface area contributed by atoms with Crippen molar-refractivity contribution >= 4 is 49.8 Å². The lowest BCUT2D eigenvalue weighted by atomic mass is 9.85. The number of para-hydroxylation sites is 3. The number of furan rings is 1. The molecule has 9 rings (SSSR count). The molecule has 0 radical (unpaired) electrons. The van der Waals surface area contributed by atoms with E-state index >= 15 is 0 Å². The van der Waals surface area contributed by atoms with Crippen molar-refractivity contribution in [3.63, 3.8) is 0 Å². The molecule has 0 spiro atoms. The molecule has 0 fully saturated rings. The Morgan fingerprint density at radius 2 is 1.39 bits per heavy atom. The molecule has 5 aromatic carbocycles. The van der Waals surface area contributed by atoms with Gasteiger partial charge in [-0.3, -0.25) is 0 Å².